The fourth-order valence-corrected chi connectivity index (χ4v) is 15.4. The topological polar surface area (TPSA) is 35.0 Å². The van der Waals surface area contributed by atoms with Crippen LogP contribution >= 0.6 is 15.9 Å². The van der Waals surface area contributed by atoms with Gasteiger partial charge in [0, 0.05) is 98.7 Å². The molecule has 0 bridgehead atoms. The Labute approximate surface area is 605 Å². The van der Waals surface area contributed by atoms with Gasteiger partial charge in [0.1, 0.15) is 0 Å². The molecular formula is C96H67BrN6. The number of rotatable bonds is 11. The van der Waals surface area contributed by atoms with E-state index in [9.17, 15) is 0 Å². The number of halogens is 1. The van der Waals surface area contributed by atoms with Crippen LogP contribution in [-0.4, -0.2) is 18.3 Å². The fourth-order valence-electron chi connectivity index (χ4n) is 15.0. The zero-order chi connectivity index (χ0) is 68.6. The maximum atomic E-state index is 3.58. The minimum atomic E-state index is 1.08. The van der Waals surface area contributed by atoms with E-state index < -0.39 is 0 Å². The van der Waals surface area contributed by atoms with Crippen molar-refractivity contribution in [1.82, 2.24) is 18.3 Å². The summed E-state index contributed by atoms with van der Waals surface area (Å²) < 4.78 is 10.5. The van der Waals surface area contributed by atoms with Gasteiger partial charge >= 0.3 is 0 Å². The molecule has 1 N–H and O–H groups in total. The number of fused-ring (bicyclic) bond motifs is 12. The quantitative estimate of drug-likeness (QED) is 0.140. The Balaban J connectivity index is 0.000000123. The second-order valence-corrected chi connectivity index (χ2v) is 26.8. The molecule has 0 aliphatic carbocycles. The molecule has 16 aromatic carbocycles. The van der Waals surface area contributed by atoms with E-state index in [0.717, 1.165) is 44.3 Å². The van der Waals surface area contributed by atoms with Crippen LogP contribution in [0.3, 0.4) is 0 Å². The highest BCUT2D eigenvalue weighted by molar-refractivity contribution is 9.10. The number of nitrogens with one attached hydrogen (secondary N) is 1. The third-order valence-corrected chi connectivity index (χ3v) is 20.2. The highest BCUT2D eigenvalue weighted by atomic mass is 79.9. The Bertz CT molecular complexity index is 6270. The first-order valence-corrected chi connectivity index (χ1v) is 35.7. The van der Waals surface area contributed by atoms with E-state index >= 15 is 0 Å². The van der Waals surface area contributed by atoms with E-state index in [2.05, 4.69) is 433 Å². The van der Waals surface area contributed by atoms with Crippen molar-refractivity contribution >= 4 is 132 Å². The molecule has 0 saturated carbocycles. The average molecular weight is 1380 g/mol. The van der Waals surface area contributed by atoms with Crippen LogP contribution in [0.25, 0.3) is 132 Å². The number of hydrogen-bond acceptors (Lipinski definition) is 2. The third kappa shape index (κ3) is 11.7. The summed E-state index contributed by atoms with van der Waals surface area (Å²) in [7, 11) is 0. The highest BCUT2D eigenvalue weighted by Gasteiger charge is 2.21. The minimum absolute atomic E-state index is 1.08. The van der Waals surface area contributed by atoms with Gasteiger partial charge in [0.15, 0.2) is 0 Å². The Morgan fingerprint density at radius 3 is 0.835 bits per heavy atom. The first kappa shape index (κ1) is 62.1. The van der Waals surface area contributed by atoms with Crippen molar-refractivity contribution in [3.8, 4) is 45.0 Å². The molecule has 0 radical (unpaired) electrons. The molecule has 0 aliphatic rings. The van der Waals surface area contributed by atoms with Crippen molar-refractivity contribution in [2.75, 3.05) is 10.2 Å². The molecule has 0 saturated heterocycles. The lowest BCUT2D eigenvalue weighted by molar-refractivity contribution is 1.18. The van der Waals surface area contributed by atoms with E-state index in [1.807, 2.05) is 12.1 Å². The maximum absolute atomic E-state index is 3.58. The van der Waals surface area contributed by atoms with E-state index in [1.165, 1.54) is 121 Å². The monoisotopic (exact) mass is 1380 g/mol. The molecule has 7 heteroatoms. The Hall–Kier alpha value is -13.2. The average Bonchev–Trinajstić information content (AvgIpc) is 1.62. The van der Waals surface area contributed by atoms with Crippen LogP contribution in [0.4, 0.5) is 28.4 Å². The molecule has 4 heterocycles. The zero-order valence-corrected chi connectivity index (χ0v) is 57.8. The van der Waals surface area contributed by atoms with E-state index in [4.69, 9.17) is 0 Å². The minimum Gasteiger partial charge on any atom is -0.356 e. The van der Waals surface area contributed by atoms with Crippen LogP contribution in [0.2, 0.25) is 0 Å². The van der Waals surface area contributed by atoms with E-state index in [0.29, 0.717) is 0 Å². The number of aromatic nitrogens is 4. The molecule has 0 amide bonds. The maximum Gasteiger partial charge on any atom is 0.0542 e. The predicted molar refractivity (Wildman–Crippen MR) is 440 cm³/mol. The van der Waals surface area contributed by atoms with Crippen LogP contribution in [-0.2, 0) is 0 Å². The summed E-state index contributed by atoms with van der Waals surface area (Å²) in [6.45, 7) is 0. The highest BCUT2D eigenvalue weighted by Crippen LogP contribution is 2.44. The van der Waals surface area contributed by atoms with Gasteiger partial charge in [-0.3, -0.25) is 0 Å². The molecule has 488 valence electrons. The molecule has 103 heavy (non-hydrogen) atoms. The third-order valence-electron chi connectivity index (χ3n) is 19.7. The van der Waals surface area contributed by atoms with Gasteiger partial charge in [0.25, 0.3) is 0 Å². The van der Waals surface area contributed by atoms with Crippen LogP contribution in [0, 0.1) is 0 Å². The lowest BCUT2D eigenvalue weighted by atomic mass is 10.0. The molecule has 20 rings (SSSR count). The SMILES string of the molecule is Brc1ccc2c(c1)c1ccccc1n2-c1ccccc1.c1ccc(-c2ccc(N(c3ccc4c(c3)c3ccccc3n4-c3ccccc3)c3ccc4c(c3)c3ccccc3n4-c3ccccc3)cc2)cc1.c1ccc(-c2ccc(Nc3ccc4c(c3)c3ccccc3n4-c3ccccc3)cc2)cc1. The fraction of sp³-hybridized carbons (Fsp3) is 0. The summed E-state index contributed by atoms with van der Waals surface area (Å²) in [6.07, 6.45) is 0. The first-order chi connectivity index (χ1) is 51.0. The molecule has 0 unspecified atom stereocenters. The summed E-state index contributed by atoms with van der Waals surface area (Å²) >= 11 is 3.57. The van der Waals surface area contributed by atoms with Crippen LogP contribution < -0.4 is 10.2 Å². The Kier molecular flexibility index (Phi) is 16.4. The van der Waals surface area contributed by atoms with Crippen molar-refractivity contribution in [1.29, 1.82) is 0 Å². The number of anilines is 5. The van der Waals surface area contributed by atoms with Gasteiger partial charge in [-0.25, -0.2) is 0 Å². The van der Waals surface area contributed by atoms with Gasteiger partial charge in [-0.05, 0) is 192 Å². The van der Waals surface area contributed by atoms with Crippen molar-refractivity contribution in [2.45, 2.75) is 0 Å². The molecule has 20 aromatic rings. The molecular weight excluding hydrogens is 1320 g/mol. The number of hydrogen-bond donors (Lipinski definition) is 1. The number of nitrogens with zero attached hydrogens (tertiary/aromatic N) is 5. The van der Waals surface area contributed by atoms with Gasteiger partial charge in [0.2, 0.25) is 0 Å². The molecule has 6 nitrogen and oxygen atoms in total. The molecule has 4 aromatic heterocycles. The second kappa shape index (κ2) is 27.1. The zero-order valence-electron chi connectivity index (χ0n) is 56.2. The molecule has 0 spiro atoms. The van der Waals surface area contributed by atoms with Gasteiger partial charge in [-0.1, -0.05) is 246 Å². The van der Waals surface area contributed by atoms with Crippen molar-refractivity contribution in [3.05, 3.63) is 405 Å². The van der Waals surface area contributed by atoms with Crippen molar-refractivity contribution in [2.24, 2.45) is 0 Å². The number of benzene rings is 16. The molecule has 0 fully saturated rings. The van der Waals surface area contributed by atoms with Gasteiger partial charge in [-0.2, -0.15) is 0 Å². The van der Waals surface area contributed by atoms with Crippen molar-refractivity contribution in [3.63, 3.8) is 0 Å². The van der Waals surface area contributed by atoms with Crippen LogP contribution in [0.5, 0.6) is 0 Å². The first-order valence-electron chi connectivity index (χ1n) is 34.9. The standard InChI is InChI=1S/C48H33N3.C30H22N2.C18H12BrN/c1-4-14-34(15-5-1)35-24-26-38(27-25-35)49(39-28-30-47-43(32-39)41-20-10-12-22-45(41)50(47)36-16-6-2-7-17-36)40-29-31-48-44(33-40)42-21-11-13-23-46(42)51(48)37-18-8-3-9-19-37;1-3-9-22(10-4-1)23-15-17-24(18-16-23)31-25-19-20-30-28(21-25)27-13-7-8-14-29(27)32(30)26-11-5-2-6-12-26;19-13-10-11-18-16(12-13)15-8-4-5-9-17(15)20(18)14-6-2-1-3-7-14/h1-33H;1-21,31H;1-12H. The summed E-state index contributed by atoms with van der Waals surface area (Å²) in [5.41, 5.74) is 24.7. The summed E-state index contributed by atoms with van der Waals surface area (Å²) in [4.78, 5) is 2.40. The van der Waals surface area contributed by atoms with Crippen LogP contribution in [0.15, 0.2) is 405 Å². The summed E-state index contributed by atoms with van der Waals surface area (Å²) in [6, 6.07) is 142. The largest absolute Gasteiger partial charge is 0.356 e. The van der Waals surface area contributed by atoms with Gasteiger partial charge in [-0.15, -0.1) is 0 Å². The summed E-state index contributed by atoms with van der Waals surface area (Å²) in [5, 5.41) is 13.6. The molecule has 0 aliphatic heterocycles. The summed E-state index contributed by atoms with van der Waals surface area (Å²) in [5.74, 6) is 0. The van der Waals surface area contributed by atoms with Crippen molar-refractivity contribution < 1.29 is 0 Å². The lowest BCUT2D eigenvalue weighted by Gasteiger charge is -2.26. The van der Waals surface area contributed by atoms with Crippen LogP contribution in [0.1, 0.15) is 0 Å². The molecule has 0 atom stereocenters. The Morgan fingerprint density at radius 1 is 0.194 bits per heavy atom. The predicted octanol–water partition coefficient (Wildman–Crippen LogP) is 26.8. The number of para-hydroxylation sites is 8. The Morgan fingerprint density at radius 2 is 0.456 bits per heavy atom. The normalized spacial score (nSPS) is 11.3. The van der Waals surface area contributed by atoms with E-state index in [-0.39, 0.29) is 0 Å². The smallest absolute Gasteiger partial charge is 0.0542 e. The second-order valence-electron chi connectivity index (χ2n) is 25.9. The van der Waals surface area contributed by atoms with E-state index in [1.54, 1.807) is 0 Å². The lowest BCUT2D eigenvalue weighted by Crippen LogP contribution is -2.10. The van der Waals surface area contributed by atoms with Gasteiger partial charge in [0.05, 0.1) is 44.1 Å². The van der Waals surface area contributed by atoms with Gasteiger partial charge < -0.3 is 28.5 Å².